The summed E-state index contributed by atoms with van der Waals surface area (Å²) < 4.78 is 9.76. The van der Waals surface area contributed by atoms with Gasteiger partial charge in [-0.15, -0.1) is 0 Å². The number of hydrogen-bond donors (Lipinski definition) is 1. The third kappa shape index (κ3) is 2.20. The number of methoxy groups -OCH3 is 1. The van der Waals surface area contributed by atoms with Gasteiger partial charge in [0.2, 0.25) is 5.13 Å². The molecule has 0 spiro atoms. The van der Waals surface area contributed by atoms with Gasteiger partial charge in [0.05, 0.1) is 6.10 Å². The molecular formula is C11H17N3OS. The van der Waals surface area contributed by atoms with Crippen molar-refractivity contribution in [2.75, 3.05) is 12.4 Å². The first kappa shape index (κ1) is 10.5. The van der Waals surface area contributed by atoms with Gasteiger partial charge in [-0.2, -0.15) is 4.37 Å². The molecule has 0 bridgehead atoms. The Morgan fingerprint density at radius 3 is 2.88 bits per heavy atom. The summed E-state index contributed by atoms with van der Waals surface area (Å²) in [6.45, 7) is 0. The van der Waals surface area contributed by atoms with Crippen molar-refractivity contribution >= 4 is 16.7 Å². The Balaban J connectivity index is 1.57. The smallest absolute Gasteiger partial charge is 0.202 e. The van der Waals surface area contributed by atoms with Gasteiger partial charge in [-0.05, 0) is 32.1 Å². The average molecular weight is 239 g/mol. The second-order valence-corrected chi connectivity index (χ2v) is 5.50. The minimum Gasteiger partial charge on any atom is -0.381 e. The summed E-state index contributed by atoms with van der Waals surface area (Å²) in [5.41, 5.74) is 0. The van der Waals surface area contributed by atoms with Gasteiger partial charge in [0.1, 0.15) is 5.82 Å². The van der Waals surface area contributed by atoms with Gasteiger partial charge in [0.25, 0.3) is 0 Å². The number of aromatic nitrogens is 2. The third-order valence-corrected chi connectivity index (χ3v) is 4.09. The molecule has 5 heteroatoms. The fourth-order valence-corrected chi connectivity index (χ4v) is 2.98. The zero-order valence-corrected chi connectivity index (χ0v) is 10.3. The molecule has 1 aromatic heterocycles. The van der Waals surface area contributed by atoms with Crippen LogP contribution in [0.1, 0.15) is 43.8 Å². The van der Waals surface area contributed by atoms with Crippen molar-refractivity contribution in [3.63, 3.8) is 0 Å². The van der Waals surface area contributed by atoms with E-state index < -0.39 is 0 Å². The first-order chi connectivity index (χ1) is 7.85. The fourth-order valence-electron chi connectivity index (χ4n) is 2.26. The molecule has 0 radical (unpaired) electrons. The number of rotatable bonds is 4. The van der Waals surface area contributed by atoms with Crippen LogP contribution in [-0.2, 0) is 4.74 Å². The Hall–Kier alpha value is -0.680. The second kappa shape index (κ2) is 4.30. The molecule has 2 unspecified atom stereocenters. The van der Waals surface area contributed by atoms with Crippen molar-refractivity contribution in [3.05, 3.63) is 5.82 Å². The second-order valence-electron chi connectivity index (χ2n) is 4.74. The van der Waals surface area contributed by atoms with E-state index in [-0.39, 0.29) is 0 Å². The first-order valence-electron chi connectivity index (χ1n) is 5.98. The highest BCUT2D eigenvalue weighted by molar-refractivity contribution is 7.09. The van der Waals surface area contributed by atoms with Crippen LogP contribution in [-0.4, -0.2) is 28.6 Å². The monoisotopic (exact) mass is 239 g/mol. The van der Waals surface area contributed by atoms with E-state index in [1.165, 1.54) is 30.8 Å². The van der Waals surface area contributed by atoms with Gasteiger partial charge in [0.15, 0.2) is 0 Å². The van der Waals surface area contributed by atoms with E-state index in [9.17, 15) is 0 Å². The van der Waals surface area contributed by atoms with Crippen molar-refractivity contribution in [2.24, 2.45) is 0 Å². The Bertz CT molecular complexity index is 364. The standard InChI is InChI=1S/C11H17N3OS/c1-15-9-5-4-8(6-9)12-11-13-10(14-16-11)7-2-3-7/h7-9H,2-6H2,1H3,(H,12,13,14). The SMILES string of the molecule is COC1CCC(Nc2nc(C3CC3)ns2)C1. The van der Waals surface area contributed by atoms with E-state index in [1.807, 2.05) is 0 Å². The molecule has 0 amide bonds. The van der Waals surface area contributed by atoms with E-state index >= 15 is 0 Å². The Morgan fingerprint density at radius 2 is 2.19 bits per heavy atom. The lowest BCUT2D eigenvalue weighted by molar-refractivity contribution is 0.108. The quantitative estimate of drug-likeness (QED) is 0.876. The molecule has 4 nitrogen and oxygen atoms in total. The molecule has 2 saturated carbocycles. The molecule has 3 rings (SSSR count). The van der Waals surface area contributed by atoms with E-state index in [2.05, 4.69) is 14.7 Å². The van der Waals surface area contributed by atoms with Crippen LogP contribution >= 0.6 is 11.5 Å². The lowest BCUT2D eigenvalue weighted by Gasteiger charge is -2.10. The molecule has 0 aliphatic heterocycles. The van der Waals surface area contributed by atoms with Crippen molar-refractivity contribution in [1.29, 1.82) is 0 Å². The summed E-state index contributed by atoms with van der Waals surface area (Å²) in [6.07, 6.45) is 6.39. The summed E-state index contributed by atoms with van der Waals surface area (Å²) in [5, 5.41) is 4.46. The molecule has 0 saturated heterocycles. The topological polar surface area (TPSA) is 47.0 Å². The zero-order valence-electron chi connectivity index (χ0n) is 9.48. The van der Waals surface area contributed by atoms with Crippen LogP contribution in [0.15, 0.2) is 0 Å². The molecule has 1 heterocycles. The number of ether oxygens (including phenoxy) is 1. The summed E-state index contributed by atoms with van der Waals surface area (Å²) in [6, 6.07) is 0.518. The van der Waals surface area contributed by atoms with E-state index in [0.717, 1.165) is 23.8 Å². The normalized spacial score (nSPS) is 29.6. The van der Waals surface area contributed by atoms with Crippen LogP contribution in [0.2, 0.25) is 0 Å². The van der Waals surface area contributed by atoms with E-state index in [0.29, 0.717) is 18.1 Å². The highest BCUT2D eigenvalue weighted by Gasteiger charge is 2.29. The molecule has 0 aromatic carbocycles. The molecule has 2 aliphatic carbocycles. The number of nitrogens with one attached hydrogen (secondary N) is 1. The van der Waals surface area contributed by atoms with Gasteiger partial charge < -0.3 is 10.1 Å². The molecule has 1 aromatic rings. The lowest BCUT2D eigenvalue weighted by Crippen LogP contribution is -2.17. The highest BCUT2D eigenvalue weighted by Crippen LogP contribution is 2.39. The van der Waals surface area contributed by atoms with Crippen molar-refractivity contribution in [2.45, 2.75) is 50.2 Å². The summed E-state index contributed by atoms with van der Waals surface area (Å²) in [4.78, 5) is 4.54. The highest BCUT2D eigenvalue weighted by atomic mass is 32.1. The Kier molecular flexibility index (Phi) is 2.81. The molecule has 88 valence electrons. The van der Waals surface area contributed by atoms with Crippen LogP contribution < -0.4 is 5.32 Å². The van der Waals surface area contributed by atoms with Crippen LogP contribution in [0.25, 0.3) is 0 Å². The minimum absolute atomic E-state index is 0.424. The first-order valence-corrected chi connectivity index (χ1v) is 6.75. The molecule has 2 fully saturated rings. The van der Waals surface area contributed by atoms with Gasteiger partial charge >= 0.3 is 0 Å². The molecular weight excluding hydrogens is 222 g/mol. The fraction of sp³-hybridized carbons (Fsp3) is 0.818. The molecule has 1 N–H and O–H groups in total. The van der Waals surface area contributed by atoms with Crippen LogP contribution in [0.5, 0.6) is 0 Å². The maximum absolute atomic E-state index is 5.36. The molecule has 2 atom stereocenters. The predicted molar refractivity (Wildman–Crippen MR) is 63.9 cm³/mol. The Morgan fingerprint density at radius 1 is 1.31 bits per heavy atom. The van der Waals surface area contributed by atoms with E-state index in [4.69, 9.17) is 4.74 Å². The molecule has 16 heavy (non-hydrogen) atoms. The predicted octanol–water partition coefficient (Wildman–Crippen LogP) is 2.39. The minimum atomic E-state index is 0.424. The summed E-state index contributed by atoms with van der Waals surface area (Å²) in [7, 11) is 1.79. The number of nitrogens with zero attached hydrogens (tertiary/aromatic N) is 2. The molecule has 2 aliphatic rings. The van der Waals surface area contributed by atoms with Gasteiger partial charge in [-0.1, -0.05) is 0 Å². The van der Waals surface area contributed by atoms with Crippen molar-refractivity contribution < 1.29 is 4.74 Å². The van der Waals surface area contributed by atoms with Crippen LogP contribution in [0.3, 0.4) is 0 Å². The number of anilines is 1. The van der Waals surface area contributed by atoms with Crippen molar-refractivity contribution in [3.8, 4) is 0 Å². The van der Waals surface area contributed by atoms with Crippen molar-refractivity contribution in [1.82, 2.24) is 9.36 Å². The van der Waals surface area contributed by atoms with Crippen LogP contribution in [0, 0.1) is 0 Å². The largest absolute Gasteiger partial charge is 0.381 e. The third-order valence-electron chi connectivity index (χ3n) is 3.43. The lowest BCUT2D eigenvalue weighted by atomic mass is 10.2. The Labute approximate surface area is 99.6 Å². The zero-order chi connectivity index (χ0) is 11.0. The average Bonchev–Trinajstić information content (AvgIpc) is 2.88. The summed E-state index contributed by atoms with van der Waals surface area (Å²) >= 11 is 1.50. The maximum atomic E-state index is 5.36. The van der Waals surface area contributed by atoms with Gasteiger partial charge in [0, 0.05) is 30.6 Å². The van der Waals surface area contributed by atoms with Gasteiger partial charge in [-0.3, -0.25) is 0 Å². The number of hydrogen-bond acceptors (Lipinski definition) is 5. The van der Waals surface area contributed by atoms with E-state index in [1.54, 1.807) is 7.11 Å². The van der Waals surface area contributed by atoms with Gasteiger partial charge in [-0.25, -0.2) is 4.98 Å². The van der Waals surface area contributed by atoms with Crippen LogP contribution in [0.4, 0.5) is 5.13 Å². The maximum Gasteiger partial charge on any atom is 0.202 e. The summed E-state index contributed by atoms with van der Waals surface area (Å²) in [5.74, 6) is 1.70.